The van der Waals surface area contributed by atoms with E-state index in [4.69, 9.17) is 16.7 Å². The molecule has 0 aliphatic rings. The van der Waals surface area contributed by atoms with Crippen LogP contribution in [0.15, 0.2) is 23.1 Å². The quantitative estimate of drug-likeness (QED) is 0.888. The van der Waals surface area contributed by atoms with Crippen LogP contribution in [0.2, 0.25) is 5.02 Å². The highest BCUT2D eigenvalue weighted by atomic mass is 35.5. The smallest absolute Gasteiger partial charge is 0.176 e. The Labute approximate surface area is 94.6 Å². The minimum absolute atomic E-state index is 0.00848. The lowest BCUT2D eigenvalue weighted by Crippen LogP contribution is -2.02. The third-order valence-corrected chi connectivity index (χ3v) is 3.78. The molecule has 1 unspecified atom stereocenters. The lowest BCUT2D eigenvalue weighted by Gasteiger charge is -2.10. The number of halogens is 1. The van der Waals surface area contributed by atoms with Crippen molar-refractivity contribution in [2.45, 2.75) is 17.7 Å². The second-order valence-corrected chi connectivity index (χ2v) is 5.94. The van der Waals surface area contributed by atoms with E-state index in [-0.39, 0.29) is 22.4 Å². The summed E-state index contributed by atoms with van der Waals surface area (Å²) in [6, 6.07) is 4.72. The maximum Gasteiger partial charge on any atom is 0.176 e. The van der Waals surface area contributed by atoms with Crippen molar-refractivity contribution in [3.05, 3.63) is 28.8 Å². The second-order valence-electron chi connectivity index (χ2n) is 3.55. The number of aliphatic hydroxyl groups excluding tert-OH is 1. The van der Waals surface area contributed by atoms with Gasteiger partial charge in [0.1, 0.15) is 0 Å². The van der Waals surface area contributed by atoms with Crippen LogP contribution >= 0.6 is 11.6 Å². The van der Waals surface area contributed by atoms with E-state index in [0.29, 0.717) is 0 Å². The highest BCUT2D eigenvalue weighted by Gasteiger charge is 2.14. The predicted molar refractivity (Wildman–Crippen MR) is 60.1 cm³/mol. The number of rotatable bonds is 3. The van der Waals surface area contributed by atoms with Crippen LogP contribution in [0.4, 0.5) is 0 Å². The molecule has 1 N–H and O–H groups in total. The number of hydrogen-bond donors (Lipinski definition) is 1. The minimum atomic E-state index is -3.28. The van der Waals surface area contributed by atoms with E-state index in [9.17, 15) is 8.42 Å². The molecule has 0 aliphatic carbocycles. The van der Waals surface area contributed by atoms with Crippen molar-refractivity contribution in [2.75, 3.05) is 12.9 Å². The third kappa shape index (κ3) is 2.93. The van der Waals surface area contributed by atoms with Crippen molar-refractivity contribution in [3.8, 4) is 0 Å². The van der Waals surface area contributed by atoms with Crippen molar-refractivity contribution in [2.24, 2.45) is 0 Å². The highest BCUT2D eigenvalue weighted by Crippen LogP contribution is 2.25. The summed E-state index contributed by atoms with van der Waals surface area (Å²) in [4.78, 5) is 0.123. The van der Waals surface area contributed by atoms with Gasteiger partial charge in [0, 0.05) is 18.8 Å². The molecule has 5 heteroatoms. The van der Waals surface area contributed by atoms with Crippen LogP contribution < -0.4 is 0 Å². The summed E-state index contributed by atoms with van der Waals surface area (Å²) in [5.74, 6) is -0.0453. The van der Waals surface area contributed by atoms with E-state index in [0.717, 1.165) is 11.8 Å². The summed E-state index contributed by atoms with van der Waals surface area (Å²) in [5.41, 5.74) is 0.829. The minimum Gasteiger partial charge on any atom is -0.396 e. The van der Waals surface area contributed by atoms with Crippen molar-refractivity contribution in [1.29, 1.82) is 0 Å². The maximum absolute atomic E-state index is 11.3. The summed E-state index contributed by atoms with van der Waals surface area (Å²) >= 11 is 5.85. The Morgan fingerprint density at radius 1 is 1.47 bits per heavy atom. The van der Waals surface area contributed by atoms with Crippen LogP contribution in [0.1, 0.15) is 18.4 Å². The molecule has 15 heavy (non-hydrogen) atoms. The fraction of sp³-hybridized carbons (Fsp3) is 0.400. The van der Waals surface area contributed by atoms with Gasteiger partial charge in [-0.1, -0.05) is 24.6 Å². The lowest BCUT2D eigenvalue weighted by molar-refractivity contribution is 0.273. The predicted octanol–water partition coefficient (Wildman–Crippen LogP) is 1.84. The molecule has 0 bridgehead atoms. The molecular formula is C10H13ClO3S. The summed E-state index contributed by atoms with van der Waals surface area (Å²) in [6.07, 6.45) is 1.11. The van der Waals surface area contributed by atoms with Crippen LogP contribution in [0.25, 0.3) is 0 Å². The molecule has 0 heterocycles. The molecule has 1 rings (SSSR count). The average Bonchev–Trinajstić information content (AvgIpc) is 2.14. The van der Waals surface area contributed by atoms with Crippen molar-refractivity contribution < 1.29 is 13.5 Å². The van der Waals surface area contributed by atoms with Crippen LogP contribution in [-0.2, 0) is 9.84 Å². The Morgan fingerprint density at radius 3 is 2.47 bits per heavy atom. The number of aliphatic hydroxyl groups is 1. The summed E-state index contributed by atoms with van der Waals surface area (Å²) in [7, 11) is -3.28. The van der Waals surface area contributed by atoms with Gasteiger partial charge in [0.25, 0.3) is 0 Å². The fourth-order valence-corrected chi connectivity index (χ4v) is 2.57. The summed E-state index contributed by atoms with van der Waals surface area (Å²) in [5, 5.41) is 9.15. The first kappa shape index (κ1) is 12.5. The third-order valence-electron chi connectivity index (χ3n) is 2.20. The van der Waals surface area contributed by atoms with Crippen LogP contribution in [-0.4, -0.2) is 26.4 Å². The van der Waals surface area contributed by atoms with Gasteiger partial charge in [-0.05, 0) is 17.7 Å². The monoisotopic (exact) mass is 248 g/mol. The first-order valence-corrected chi connectivity index (χ1v) is 6.73. The zero-order chi connectivity index (χ0) is 11.6. The van der Waals surface area contributed by atoms with Gasteiger partial charge in [0.15, 0.2) is 9.84 Å². The Kier molecular flexibility index (Phi) is 3.76. The Balaban J connectivity index is 3.21. The van der Waals surface area contributed by atoms with E-state index in [1.54, 1.807) is 12.1 Å². The first-order chi connectivity index (χ1) is 6.86. The largest absolute Gasteiger partial charge is 0.396 e. The van der Waals surface area contributed by atoms with E-state index >= 15 is 0 Å². The molecule has 84 valence electrons. The normalized spacial score (nSPS) is 13.9. The fourth-order valence-electron chi connectivity index (χ4n) is 1.23. The Bertz CT molecular complexity index is 454. The molecule has 0 saturated heterocycles. The molecular weight excluding hydrogens is 236 g/mol. The summed E-state index contributed by atoms with van der Waals surface area (Å²) < 4.78 is 22.5. The SMILES string of the molecule is CC(CO)c1ccc(S(C)(=O)=O)c(Cl)c1. The highest BCUT2D eigenvalue weighted by molar-refractivity contribution is 7.90. The molecule has 0 radical (unpaired) electrons. The van der Waals surface area contributed by atoms with Gasteiger partial charge in [-0.2, -0.15) is 0 Å². The average molecular weight is 249 g/mol. The Hall–Kier alpha value is -0.580. The van der Waals surface area contributed by atoms with Crippen LogP contribution in [0, 0.1) is 0 Å². The molecule has 0 saturated carbocycles. The van der Waals surface area contributed by atoms with Crippen LogP contribution in [0.5, 0.6) is 0 Å². The first-order valence-electron chi connectivity index (χ1n) is 4.46. The van der Waals surface area contributed by atoms with Crippen molar-refractivity contribution in [1.82, 2.24) is 0 Å². The van der Waals surface area contributed by atoms with E-state index in [1.165, 1.54) is 6.07 Å². The van der Waals surface area contributed by atoms with Gasteiger partial charge >= 0.3 is 0 Å². The molecule has 3 nitrogen and oxygen atoms in total. The standard InChI is InChI=1S/C10H13ClO3S/c1-7(6-12)8-3-4-10(9(11)5-8)15(2,13)14/h3-5,7,12H,6H2,1-2H3. The topological polar surface area (TPSA) is 54.4 Å². The Morgan fingerprint density at radius 2 is 2.07 bits per heavy atom. The molecule has 0 amide bonds. The molecule has 1 aromatic rings. The second kappa shape index (κ2) is 4.51. The zero-order valence-corrected chi connectivity index (χ0v) is 10.1. The molecule has 0 aromatic heterocycles. The van der Waals surface area contributed by atoms with E-state index in [1.807, 2.05) is 6.92 Å². The van der Waals surface area contributed by atoms with Crippen LogP contribution in [0.3, 0.4) is 0 Å². The van der Waals surface area contributed by atoms with Gasteiger partial charge in [-0.3, -0.25) is 0 Å². The number of benzene rings is 1. The maximum atomic E-state index is 11.3. The van der Waals surface area contributed by atoms with Crippen molar-refractivity contribution >= 4 is 21.4 Å². The van der Waals surface area contributed by atoms with Gasteiger partial charge in [-0.25, -0.2) is 8.42 Å². The zero-order valence-electron chi connectivity index (χ0n) is 8.57. The molecule has 1 atom stereocenters. The molecule has 0 spiro atoms. The molecule has 1 aromatic carbocycles. The summed E-state index contributed by atoms with van der Waals surface area (Å²) in [6.45, 7) is 1.85. The van der Waals surface area contributed by atoms with Crippen molar-refractivity contribution in [3.63, 3.8) is 0 Å². The van der Waals surface area contributed by atoms with Gasteiger partial charge < -0.3 is 5.11 Å². The lowest BCUT2D eigenvalue weighted by atomic mass is 10.0. The van der Waals surface area contributed by atoms with Gasteiger partial charge in [-0.15, -0.1) is 0 Å². The van der Waals surface area contributed by atoms with E-state index < -0.39 is 9.84 Å². The molecule has 0 fully saturated rings. The number of hydrogen-bond acceptors (Lipinski definition) is 3. The number of sulfone groups is 1. The van der Waals surface area contributed by atoms with E-state index in [2.05, 4.69) is 0 Å². The van der Waals surface area contributed by atoms with Gasteiger partial charge in [0.05, 0.1) is 9.92 Å². The van der Waals surface area contributed by atoms with Gasteiger partial charge in [0.2, 0.25) is 0 Å². The molecule has 0 aliphatic heterocycles.